The second-order valence-electron chi connectivity index (χ2n) is 8.31. The Balaban J connectivity index is 1.51. The largest absolute Gasteiger partial charge is 0.394 e. The molecule has 0 amide bonds. The zero-order valence-corrected chi connectivity index (χ0v) is 21.7. The lowest BCUT2D eigenvalue weighted by atomic mass is 9.97. The third kappa shape index (κ3) is 5.62. The molecule has 0 aliphatic carbocycles. The van der Waals surface area contributed by atoms with Crippen molar-refractivity contribution >= 4 is 27.7 Å². The van der Waals surface area contributed by atoms with Crippen LogP contribution >= 0.6 is 27.7 Å². The number of imidazole rings is 1. The van der Waals surface area contributed by atoms with Crippen LogP contribution in [0.2, 0.25) is 0 Å². The van der Waals surface area contributed by atoms with Crippen molar-refractivity contribution in [3.63, 3.8) is 0 Å². The van der Waals surface area contributed by atoms with Crippen molar-refractivity contribution < 1.29 is 32.9 Å². The number of halogens is 4. The molecule has 0 saturated carbocycles. The molecule has 5 atom stereocenters. The minimum Gasteiger partial charge on any atom is -0.394 e. The number of hydrogen-bond donors (Lipinski definition) is 3. The first-order valence-corrected chi connectivity index (χ1v) is 12.9. The van der Waals surface area contributed by atoms with Gasteiger partial charge >= 0.3 is 0 Å². The van der Waals surface area contributed by atoms with Crippen molar-refractivity contribution in [1.82, 2.24) is 29.9 Å². The van der Waals surface area contributed by atoms with Crippen LogP contribution in [0.3, 0.4) is 0 Å². The van der Waals surface area contributed by atoms with Crippen LogP contribution in [0.1, 0.15) is 11.9 Å². The van der Waals surface area contributed by atoms with Crippen molar-refractivity contribution in [2.24, 2.45) is 0 Å². The van der Waals surface area contributed by atoms with E-state index in [9.17, 15) is 23.4 Å². The summed E-state index contributed by atoms with van der Waals surface area (Å²) in [6.45, 7) is -0.482. The van der Waals surface area contributed by atoms with E-state index in [4.69, 9.17) is 9.47 Å². The quantitative estimate of drug-likeness (QED) is 0.257. The summed E-state index contributed by atoms with van der Waals surface area (Å²) in [6, 6.07) is 2.47. The Morgan fingerprint density at radius 1 is 1.18 bits per heavy atom. The summed E-state index contributed by atoms with van der Waals surface area (Å²) in [6.07, 6.45) is 4.59. The van der Waals surface area contributed by atoms with E-state index in [-0.39, 0.29) is 17.9 Å². The van der Waals surface area contributed by atoms with Gasteiger partial charge in [0.05, 0.1) is 12.8 Å². The van der Waals surface area contributed by atoms with Crippen molar-refractivity contribution in [3.05, 3.63) is 76.9 Å². The van der Waals surface area contributed by atoms with Crippen LogP contribution in [-0.2, 0) is 16.1 Å². The summed E-state index contributed by atoms with van der Waals surface area (Å²) < 4.78 is 55.3. The summed E-state index contributed by atoms with van der Waals surface area (Å²) in [5.74, 6) is -3.83. The summed E-state index contributed by atoms with van der Waals surface area (Å²) >= 11 is 4.64. The van der Waals surface area contributed by atoms with E-state index in [1.165, 1.54) is 22.6 Å². The highest BCUT2D eigenvalue weighted by molar-refractivity contribution is 9.10. The van der Waals surface area contributed by atoms with Crippen LogP contribution in [-0.4, -0.2) is 70.5 Å². The summed E-state index contributed by atoms with van der Waals surface area (Å²) in [5.41, 5.74) is -0.778. The smallest absolute Gasteiger partial charge is 0.194 e. The molecule has 3 N–H and O–H groups in total. The van der Waals surface area contributed by atoms with Gasteiger partial charge in [0.2, 0.25) is 0 Å². The van der Waals surface area contributed by atoms with Crippen LogP contribution in [0, 0.1) is 17.5 Å². The molecule has 4 aromatic rings. The van der Waals surface area contributed by atoms with E-state index in [1.807, 2.05) is 6.07 Å². The first-order valence-electron chi connectivity index (χ1n) is 11.2. The fourth-order valence-corrected chi connectivity index (χ4v) is 5.71. The van der Waals surface area contributed by atoms with Gasteiger partial charge in [-0.2, -0.15) is 0 Å². The number of benzene rings is 1. The van der Waals surface area contributed by atoms with Gasteiger partial charge in [0.1, 0.15) is 47.9 Å². The van der Waals surface area contributed by atoms with Gasteiger partial charge in [-0.1, -0.05) is 17.0 Å². The highest BCUT2D eigenvalue weighted by Gasteiger charge is 2.48. The molecule has 0 spiro atoms. The molecule has 2 unspecified atom stereocenters. The fourth-order valence-electron chi connectivity index (χ4n) is 4.04. The molecule has 1 saturated heterocycles. The zero-order chi connectivity index (χ0) is 26.8. The third-order valence-electron chi connectivity index (χ3n) is 5.82. The average molecular weight is 613 g/mol. The predicted octanol–water partition coefficient (Wildman–Crippen LogP) is 3.24. The second kappa shape index (κ2) is 11.5. The van der Waals surface area contributed by atoms with Crippen LogP contribution in [0.4, 0.5) is 13.2 Å². The summed E-state index contributed by atoms with van der Waals surface area (Å²) in [7, 11) is 0. The molecular formula is C23H20BrF3N6O4S. The van der Waals surface area contributed by atoms with E-state index in [0.717, 1.165) is 21.5 Å². The second-order valence-corrected chi connectivity index (χ2v) is 10.4. The molecule has 4 heterocycles. The number of aromatic nitrogens is 6. The first kappa shape index (κ1) is 26.8. The SMILES string of the molecule is OCC1O[C@H](Sc2cncc(Br)c2)[C@@H](OCc2ncc[nH]2)C(n2cc(-c3cc(F)c(F)c(F)c3)nn2)[C@H]1O. The zero-order valence-electron chi connectivity index (χ0n) is 19.3. The lowest BCUT2D eigenvalue weighted by molar-refractivity contribution is -0.196. The number of thioether (sulfide) groups is 1. The van der Waals surface area contributed by atoms with Gasteiger partial charge in [-0.05, 0) is 34.1 Å². The van der Waals surface area contributed by atoms with Gasteiger partial charge < -0.3 is 24.7 Å². The first-order chi connectivity index (χ1) is 18.3. The molecular weight excluding hydrogens is 593 g/mol. The van der Waals surface area contributed by atoms with E-state index in [1.54, 1.807) is 24.8 Å². The number of nitrogens with one attached hydrogen (secondary N) is 1. The van der Waals surface area contributed by atoms with Crippen molar-refractivity contribution in [2.75, 3.05) is 6.61 Å². The van der Waals surface area contributed by atoms with Gasteiger partial charge in [0, 0.05) is 39.7 Å². The predicted molar refractivity (Wildman–Crippen MR) is 131 cm³/mol. The Morgan fingerprint density at radius 3 is 2.66 bits per heavy atom. The number of hydrogen-bond acceptors (Lipinski definition) is 9. The molecule has 1 aliphatic rings. The number of ether oxygens (including phenoxy) is 2. The molecule has 1 aromatic carbocycles. The van der Waals surface area contributed by atoms with Crippen molar-refractivity contribution in [2.45, 2.75) is 41.3 Å². The Kier molecular flexibility index (Phi) is 8.11. The van der Waals surface area contributed by atoms with Crippen LogP contribution in [0.25, 0.3) is 11.3 Å². The lowest BCUT2D eigenvalue weighted by Gasteiger charge is -2.43. The molecule has 1 fully saturated rings. The maximum Gasteiger partial charge on any atom is 0.194 e. The van der Waals surface area contributed by atoms with Gasteiger partial charge in [0.25, 0.3) is 0 Å². The van der Waals surface area contributed by atoms with Crippen LogP contribution in [0.5, 0.6) is 0 Å². The molecule has 1 aliphatic heterocycles. The Labute approximate surface area is 226 Å². The van der Waals surface area contributed by atoms with E-state index in [0.29, 0.717) is 5.82 Å². The van der Waals surface area contributed by atoms with Crippen LogP contribution < -0.4 is 0 Å². The molecule has 3 aromatic heterocycles. The molecule has 38 heavy (non-hydrogen) atoms. The maximum atomic E-state index is 13.8. The van der Waals surface area contributed by atoms with Crippen molar-refractivity contribution in [3.8, 4) is 11.3 Å². The van der Waals surface area contributed by atoms with E-state index < -0.39 is 53.8 Å². The number of nitrogens with zero attached hydrogens (tertiary/aromatic N) is 5. The molecule has 0 bridgehead atoms. The van der Waals surface area contributed by atoms with Gasteiger partial charge in [-0.15, -0.1) is 5.10 Å². The van der Waals surface area contributed by atoms with Crippen LogP contribution in [0.15, 0.2) is 58.6 Å². The highest BCUT2D eigenvalue weighted by atomic mass is 79.9. The normalized spacial score (nSPS) is 23.6. The topological polar surface area (TPSA) is 131 Å². The average Bonchev–Trinajstić information content (AvgIpc) is 3.59. The Hall–Kier alpha value is -2.82. The van der Waals surface area contributed by atoms with Gasteiger partial charge in [-0.3, -0.25) is 4.98 Å². The highest BCUT2D eigenvalue weighted by Crippen LogP contribution is 2.40. The number of H-pyrrole nitrogens is 1. The number of rotatable bonds is 8. The third-order valence-corrected chi connectivity index (χ3v) is 7.36. The number of pyridine rings is 1. The summed E-state index contributed by atoms with van der Waals surface area (Å²) in [4.78, 5) is 12.0. The summed E-state index contributed by atoms with van der Waals surface area (Å²) in [5, 5.41) is 29.2. The Morgan fingerprint density at radius 2 is 1.97 bits per heavy atom. The maximum absolute atomic E-state index is 13.8. The van der Waals surface area contributed by atoms with E-state index in [2.05, 4.69) is 41.2 Å². The molecule has 200 valence electrons. The molecule has 15 heteroatoms. The minimum atomic E-state index is -1.60. The van der Waals surface area contributed by atoms with Gasteiger partial charge in [0.15, 0.2) is 17.5 Å². The van der Waals surface area contributed by atoms with Gasteiger partial charge in [-0.25, -0.2) is 22.8 Å². The standard InChI is InChI=1S/C23H20BrF3N6O4S/c24-12-5-13(7-28-6-12)38-23-22(36-10-18-29-1-2-30-18)20(21(35)17(9-34)37-23)33-8-16(31-32-33)11-3-14(25)19(27)15(26)4-11/h1-8,17,20-23,34-35H,9-10H2,(H,29,30)/t17?,20?,21-,22-,23+/m0/s1. The number of aromatic amines is 1. The lowest BCUT2D eigenvalue weighted by Crippen LogP contribution is -2.55. The minimum absolute atomic E-state index is 0.0256. The molecule has 10 nitrogen and oxygen atoms in total. The monoisotopic (exact) mass is 612 g/mol. The number of aliphatic hydroxyl groups excluding tert-OH is 2. The molecule has 5 rings (SSSR count). The van der Waals surface area contributed by atoms with E-state index >= 15 is 0 Å². The van der Waals surface area contributed by atoms with Crippen molar-refractivity contribution in [1.29, 1.82) is 0 Å². The molecule has 0 radical (unpaired) electrons. The Bertz CT molecular complexity index is 1370. The number of aliphatic hydroxyl groups is 2. The fraction of sp³-hybridized carbons (Fsp3) is 0.304.